The smallest absolute Gasteiger partial charge is 0.168 e. The second-order valence-corrected chi connectivity index (χ2v) is 6.46. The van der Waals surface area contributed by atoms with Crippen molar-refractivity contribution in [3.05, 3.63) is 58.3 Å². The van der Waals surface area contributed by atoms with Gasteiger partial charge in [-0.05, 0) is 12.1 Å². The standard InChI is InChI=1S/C17H14Cl2N4/c1-10-9-20-14-7-12(18)13(19)8-15(14)23-16(10)21-22-17(23)11-5-3-2-4-6-11/h2-8,10,20H,9H2,1H3/t10-/m0/s1. The Hall–Kier alpha value is -2.04. The fourth-order valence-corrected chi connectivity index (χ4v) is 3.17. The molecule has 0 aliphatic carbocycles. The Morgan fingerprint density at radius 3 is 2.61 bits per heavy atom. The third-order valence-electron chi connectivity index (χ3n) is 4.04. The highest BCUT2D eigenvalue weighted by molar-refractivity contribution is 6.42. The summed E-state index contributed by atoms with van der Waals surface area (Å²) in [5.74, 6) is 1.93. The predicted molar refractivity (Wildman–Crippen MR) is 93.7 cm³/mol. The molecule has 0 bridgehead atoms. The van der Waals surface area contributed by atoms with Crippen molar-refractivity contribution in [3.63, 3.8) is 0 Å². The van der Waals surface area contributed by atoms with E-state index in [2.05, 4.69) is 27.0 Å². The van der Waals surface area contributed by atoms with Crippen LogP contribution < -0.4 is 5.32 Å². The summed E-state index contributed by atoms with van der Waals surface area (Å²) < 4.78 is 2.07. The average Bonchev–Trinajstić information content (AvgIpc) is 2.96. The van der Waals surface area contributed by atoms with Crippen molar-refractivity contribution in [2.45, 2.75) is 12.8 Å². The Labute approximate surface area is 144 Å². The zero-order valence-electron chi connectivity index (χ0n) is 12.4. The highest BCUT2D eigenvalue weighted by Crippen LogP contribution is 2.37. The number of aromatic nitrogens is 3. The highest BCUT2D eigenvalue weighted by atomic mass is 35.5. The Morgan fingerprint density at radius 2 is 1.83 bits per heavy atom. The Bertz CT molecular complexity index is 874. The van der Waals surface area contributed by atoms with E-state index in [-0.39, 0.29) is 5.92 Å². The van der Waals surface area contributed by atoms with Gasteiger partial charge in [-0.3, -0.25) is 4.57 Å². The molecular weight excluding hydrogens is 331 g/mol. The Morgan fingerprint density at radius 1 is 1.09 bits per heavy atom. The molecule has 0 saturated heterocycles. The predicted octanol–water partition coefficient (Wildman–Crippen LogP) is 4.77. The molecule has 4 nitrogen and oxygen atoms in total. The topological polar surface area (TPSA) is 42.7 Å². The van der Waals surface area contributed by atoms with Crippen LogP contribution in [0.1, 0.15) is 18.7 Å². The van der Waals surface area contributed by atoms with Gasteiger partial charge in [0, 0.05) is 18.0 Å². The van der Waals surface area contributed by atoms with Gasteiger partial charge in [0.2, 0.25) is 0 Å². The van der Waals surface area contributed by atoms with E-state index in [9.17, 15) is 0 Å². The van der Waals surface area contributed by atoms with E-state index in [0.29, 0.717) is 10.0 Å². The molecule has 3 aromatic rings. The first-order valence-corrected chi connectivity index (χ1v) is 8.15. The Kier molecular flexibility index (Phi) is 3.51. The number of rotatable bonds is 1. The van der Waals surface area contributed by atoms with Gasteiger partial charge >= 0.3 is 0 Å². The fraction of sp³-hybridized carbons (Fsp3) is 0.176. The van der Waals surface area contributed by atoms with Crippen LogP contribution >= 0.6 is 23.2 Å². The van der Waals surface area contributed by atoms with E-state index in [1.54, 1.807) is 0 Å². The van der Waals surface area contributed by atoms with Gasteiger partial charge in [0.05, 0.1) is 21.4 Å². The molecule has 0 spiro atoms. The molecule has 1 aromatic heterocycles. The Balaban J connectivity index is 2.02. The lowest BCUT2D eigenvalue weighted by atomic mass is 10.1. The van der Waals surface area contributed by atoms with Gasteiger partial charge in [-0.1, -0.05) is 60.5 Å². The maximum absolute atomic E-state index is 6.25. The summed E-state index contributed by atoms with van der Waals surface area (Å²) in [5, 5.41) is 13.3. The molecule has 1 aliphatic rings. The normalized spacial score (nSPS) is 16.2. The van der Waals surface area contributed by atoms with Crippen molar-refractivity contribution in [2.24, 2.45) is 0 Å². The molecule has 6 heteroatoms. The first-order valence-electron chi connectivity index (χ1n) is 7.39. The van der Waals surface area contributed by atoms with E-state index in [4.69, 9.17) is 23.2 Å². The van der Waals surface area contributed by atoms with Crippen LogP contribution in [0.3, 0.4) is 0 Å². The molecule has 0 amide bonds. The molecule has 0 saturated carbocycles. The third-order valence-corrected chi connectivity index (χ3v) is 4.76. The SMILES string of the molecule is C[C@H]1CNc2cc(Cl)c(Cl)cc2-n2c(-c3ccccc3)nnc21. The minimum atomic E-state index is 0.213. The highest BCUT2D eigenvalue weighted by Gasteiger charge is 2.25. The largest absolute Gasteiger partial charge is 0.383 e. The summed E-state index contributed by atoms with van der Waals surface area (Å²) >= 11 is 12.4. The number of hydrogen-bond acceptors (Lipinski definition) is 3. The number of nitrogens with zero attached hydrogens (tertiary/aromatic N) is 3. The van der Waals surface area contributed by atoms with Crippen LogP contribution in [0.5, 0.6) is 0 Å². The van der Waals surface area contributed by atoms with Gasteiger partial charge in [-0.2, -0.15) is 0 Å². The van der Waals surface area contributed by atoms with Crippen molar-refractivity contribution >= 4 is 28.9 Å². The minimum Gasteiger partial charge on any atom is -0.383 e. The monoisotopic (exact) mass is 344 g/mol. The molecule has 2 heterocycles. The minimum absolute atomic E-state index is 0.213. The number of nitrogens with one attached hydrogen (secondary N) is 1. The summed E-state index contributed by atoms with van der Waals surface area (Å²) in [6.07, 6.45) is 0. The lowest BCUT2D eigenvalue weighted by molar-refractivity contribution is 0.725. The first kappa shape index (κ1) is 14.5. The van der Waals surface area contributed by atoms with Crippen LogP contribution in [0.4, 0.5) is 5.69 Å². The van der Waals surface area contributed by atoms with Crippen molar-refractivity contribution in [1.29, 1.82) is 0 Å². The van der Waals surface area contributed by atoms with Crippen LogP contribution in [0.25, 0.3) is 17.1 Å². The van der Waals surface area contributed by atoms with Crippen molar-refractivity contribution in [3.8, 4) is 17.1 Å². The molecule has 0 radical (unpaired) electrons. The number of hydrogen-bond donors (Lipinski definition) is 1. The van der Waals surface area contributed by atoms with Crippen molar-refractivity contribution in [2.75, 3.05) is 11.9 Å². The lowest BCUT2D eigenvalue weighted by Crippen LogP contribution is -2.09. The summed E-state index contributed by atoms with van der Waals surface area (Å²) in [6.45, 7) is 2.88. The number of benzene rings is 2. The van der Waals surface area contributed by atoms with E-state index in [1.807, 2.05) is 42.5 Å². The zero-order valence-corrected chi connectivity index (χ0v) is 13.9. The van der Waals surface area contributed by atoms with E-state index >= 15 is 0 Å². The maximum Gasteiger partial charge on any atom is 0.168 e. The molecule has 116 valence electrons. The van der Waals surface area contributed by atoms with E-state index in [1.165, 1.54) is 0 Å². The van der Waals surface area contributed by atoms with E-state index in [0.717, 1.165) is 35.1 Å². The second-order valence-electron chi connectivity index (χ2n) is 5.65. The maximum atomic E-state index is 6.25. The molecule has 2 aromatic carbocycles. The van der Waals surface area contributed by atoms with Gasteiger partial charge in [0.15, 0.2) is 5.82 Å². The lowest BCUT2D eigenvalue weighted by Gasteiger charge is -2.13. The quantitative estimate of drug-likeness (QED) is 0.691. The number of fused-ring (bicyclic) bond motifs is 3. The van der Waals surface area contributed by atoms with Crippen LogP contribution in [-0.4, -0.2) is 21.3 Å². The van der Waals surface area contributed by atoms with Gasteiger partial charge < -0.3 is 5.32 Å². The summed E-state index contributed by atoms with van der Waals surface area (Å²) in [5.41, 5.74) is 2.86. The van der Waals surface area contributed by atoms with E-state index < -0.39 is 0 Å². The number of anilines is 1. The summed E-state index contributed by atoms with van der Waals surface area (Å²) in [6, 6.07) is 13.7. The van der Waals surface area contributed by atoms with Gasteiger partial charge in [0.25, 0.3) is 0 Å². The fourth-order valence-electron chi connectivity index (χ4n) is 2.84. The molecule has 4 rings (SSSR count). The first-order chi connectivity index (χ1) is 11.1. The van der Waals surface area contributed by atoms with Crippen LogP contribution in [0.15, 0.2) is 42.5 Å². The summed E-state index contributed by atoms with van der Waals surface area (Å²) in [7, 11) is 0. The molecule has 1 atom stereocenters. The molecular formula is C17H14Cl2N4. The molecule has 0 unspecified atom stereocenters. The van der Waals surface area contributed by atoms with Gasteiger partial charge in [-0.15, -0.1) is 10.2 Å². The number of halogens is 2. The van der Waals surface area contributed by atoms with Crippen LogP contribution in [-0.2, 0) is 0 Å². The van der Waals surface area contributed by atoms with Crippen molar-refractivity contribution in [1.82, 2.24) is 14.8 Å². The second kappa shape index (κ2) is 5.55. The average molecular weight is 345 g/mol. The van der Waals surface area contributed by atoms with Gasteiger partial charge in [0.1, 0.15) is 5.82 Å². The molecule has 1 aliphatic heterocycles. The zero-order chi connectivity index (χ0) is 16.0. The molecule has 1 N–H and O–H groups in total. The third kappa shape index (κ3) is 2.38. The van der Waals surface area contributed by atoms with Crippen molar-refractivity contribution < 1.29 is 0 Å². The molecule has 23 heavy (non-hydrogen) atoms. The van der Waals surface area contributed by atoms with Crippen LogP contribution in [0, 0.1) is 0 Å². The molecule has 0 fully saturated rings. The van der Waals surface area contributed by atoms with Crippen LogP contribution in [0.2, 0.25) is 10.0 Å². The van der Waals surface area contributed by atoms with Gasteiger partial charge in [-0.25, -0.2) is 0 Å². The summed E-state index contributed by atoms with van der Waals surface area (Å²) in [4.78, 5) is 0.